The van der Waals surface area contributed by atoms with Gasteiger partial charge in [-0.1, -0.05) is 64.5 Å². The maximum Gasteiger partial charge on any atom is 0.293 e. The molecule has 0 saturated carbocycles. The lowest BCUT2D eigenvalue weighted by Crippen LogP contribution is -2.37. The van der Waals surface area contributed by atoms with Gasteiger partial charge in [-0.25, -0.2) is 0 Å². The third-order valence-electron chi connectivity index (χ3n) is 3.94. The van der Waals surface area contributed by atoms with E-state index >= 15 is 0 Å². The van der Waals surface area contributed by atoms with Crippen LogP contribution in [0, 0.1) is 0 Å². The molecule has 0 unspecified atom stereocenters. The van der Waals surface area contributed by atoms with E-state index in [2.05, 4.69) is 21.2 Å². The number of amides is 3. The molecule has 0 bridgehead atoms. The largest absolute Gasteiger partial charge is 0.354 e. The van der Waals surface area contributed by atoms with Crippen LogP contribution in [-0.4, -0.2) is 35.0 Å². The third kappa shape index (κ3) is 5.08. The van der Waals surface area contributed by atoms with Crippen molar-refractivity contribution in [1.82, 2.24) is 10.2 Å². The highest BCUT2D eigenvalue weighted by molar-refractivity contribution is 9.10. The Hall–Kier alpha value is -2.38. The van der Waals surface area contributed by atoms with E-state index in [9.17, 15) is 14.4 Å². The molecule has 1 saturated heterocycles. The Bertz CT molecular complexity index is 899. The van der Waals surface area contributed by atoms with E-state index in [0.29, 0.717) is 4.91 Å². The predicted molar refractivity (Wildman–Crippen MR) is 110 cm³/mol. The highest BCUT2D eigenvalue weighted by Gasteiger charge is 2.34. The van der Waals surface area contributed by atoms with Crippen molar-refractivity contribution in [3.8, 4) is 0 Å². The Morgan fingerprint density at radius 1 is 1.07 bits per heavy atom. The molecule has 5 nitrogen and oxygen atoms in total. The van der Waals surface area contributed by atoms with Crippen molar-refractivity contribution in [2.45, 2.75) is 6.42 Å². The molecule has 27 heavy (non-hydrogen) atoms. The minimum atomic E-state index is -0.325. The monoisotopic (exact) mass is 444 g/mol. The lowest BCUT2D eigenvalue weighted by Gasteiger charge is -2.13. The Balaban J connectivity index is 1.53. The molecular weight excluding hydrogens is 428 g/mol. The first-order valence-corrected chi connectivity index (χ1v) is 9.96. The van der Waals surface area contributed by atoms with E-state index in [1.807, 2.05) is 54.6 Å². The van der Waals surface area contributed by atoms with Gasteiger partial charge in [-0.3, -0.25) is 19.3 Å². The smallest absolute Gasteiger partial charge is 0.293 e. The molecule has 3 rings (SSSR count). The molecule has 0 radical (unpaired) electrons. The van der Waals surface area contributed by atoms with E-state index < -0.39 is 0 Å². The molecule has 1 heterocycles. The fourth-order valence-corrected chi connectivity index (χ4v) is 3.87. The molecule has 3 amide bonds. The van der Waals surface area contributed by atoms with Gasteiger partial charge < -0.3 is 5.32 Å². The van der Waals surface area contributed by atoms with Crippen molar-refractivity contribution in [3.63, 3.8) is 0 Å². The highest BCUT2D eigenvalue weighted by atomic mass is 79.9. The molecule has 0 atom stereocenters. The zero-order valence-electron chi connectivity index (χ0n) is 14.4. The molecule has 1 aliphatic heterocycles. The summed E-state index contributed by atoms with van der Waals surface area (Å²) >= 11 is 4.33. The van der Waals surface area contributed by atoms with E-state index in [1.165, 1.54) is 0 Å². The van der Waals surface area contributed by atoms with E-state index in [0.717, 1.165) is 32.3 Å². The summed E-state index contributed by atoms with van der Waals surface area (Å²) in [5.41, 5.74) is 1.75. The van der Waals surface area contributed by atoms with Gasteiger partial charge in [0.05, 0.1) is 11.3 Å². The van der Waals surface area contributed by atoms with Crippen molar-refractivity contribution >= 4 is 50.8 Å². The SMILES string of the molecule is O=C(Cc1ccccc1Br)NCCN1C(=O)SC(=Cc2ccccc2)C1=O. The van der Waals surface area contributed by atoms with Gasteiger partial charge >= 0.3 is 0 Å². The topological polar surface area (TPSA) is 66.5 Å². The number of nitrogens with zero attached hydrogens (tertiary/aromatic N) is 1. The van der Waals surface area contributed by atoms with Gasteiger partial charge in [-0.2, -0.15) is 0 Å². The predicted octanol–water partition coefficient (Wildman–Crippen LogP) is 3.84. The molecule has 2 aromatic rings. The minimum absolute atomic E-state index is 0.151. The molecule has 7 heteroatoms. The summed E-state index contributed by atoms with van der Waals surface area (Å²) in [6, 6.07) is 16.9. The number of imide groups is 1. The van der Waals surface area contributed by atoms with Gasteiger partial charge in [0.15, 0.2) is 0 Å². The van der Waals surface area contributed by atoms with Gasteiger partial charge in [0.1, 0.15) is 0 Å². The summed E-state index contributed by atoms with van der Waals surface area (Å²) in [6.45, 7) is 0.373. The average Bonchev–Trinajstić information content (AvgIpc) is 2.92. The van der Waals surface area contributed by atoms with Crippen molar-refractivity contribution < 1.29 is 14.4 Å². The number of hydrogen-bond acceptors (Lipinski definition) is 4. The van der Waals surface area contributed by atoms with Crippen LogP contribution >= 0.6 is 27.7 Å². The first kappa shape index (κ1) is 19.4. The number of nitrogens with one attached hydrogen (secondary N) is 1. The number of carbonyl (C=O) groups excluding carboxylic acids is 3. The molecule has 138 valence electrons. The Labute approximate surface area is 169 Å². The zero-order valence-corrected chi connectivity index (χ0v) is 16.8. The normalized spacial score (nSPS) is 15.4. The average molecular weight is 445 g/mol. The summed E-state index contributed by atoms with van der Waals surface area (Å²) in [5, 5.41) is 2.44. The van der Waals surface area contributed by atoms with Gasteiger partial charge in [0.25, 0.3) is 11.1 Å². The number of rotatable bonds is 6. The number of hydrogen-bond donors (Lipinski definition) is 1. The molecular formula is C20H17BrN2O3S. The Morgan fingerprint density at radius 2 is 1.78 bits per heavy atom. The standard InChI is InChI=1S/C20H17BrN2O3S/c21-16-9-5-4-8-15(16)13-18(24)22-10-11-23-19(25)17(27-20(23)26)12-14-6-2-1-3-7-14/h1-9,12H,10-11,13H2,(H,22,24). The molecule has 2 aromatic carbocycles. The van der Waals surface area contributed by atoms with Crippen LogP contribution < -0.4 is 5.32 Å². The second-order valence-electron chi connectivity index (χ2n) is 5.86. The minimum Gasteiger partial charge on any atom is -0.354 e. The molecule has 0 aliphatic carbocycles. The molecule has 0 aromatic heterocycles. The maximum atomic E-state index is 12.4. The van der Waals surface area contributed by atoms with Crippen LogP contribution in [0.15, 0.2) is 64.0 Å². The van der Waals surface area contributed by atoms with Gasteiger partial charge in [-0.15, -0.1) is 0 Å². The highest BCUT2D eigenvalue weighted by Crippen LogP contribution is 2.31. The molecule has 0 spiro atoms. The van der Waals surface area contributed by atoms with Crippen LogP contribution in [0.3, 0.4) is 0 Å². The lowest BCUT2D eigenvalue weighted by atomic mass is 10.1. The van der Waals surface area contributed by atoms with Crippen LogP contribution in [0.2, 0.25) is 0 Å². The Morgan fingerprint density at radius 3 is 2.52 bits per heavy atom. The Kier molecular flexibility index (Phi) is 6.47. The van der Waals surface area contributed by atoms with Crippen molar-refractivity contribution in [1.29, 1.82) is 0 Å². The maximum absolute atomic E-state index is 12.4. The lowest BCUT2D eigenvalue weighted by molar-refractivity contribution is -0.124. The summed E-state index contributed by atoms with van der Waals surface area (Å²) in [4.78, 5) is 38.2. The van der Waals surface area contributed by atoms with Crippen LogP contribution in [0.1, 0.15) is 11.1 Å². The molecule has 1 aliphatic rings. The number of thioether (sulfide) groups is 1. The van der Waals surface area contributed by atoms with Crippen LogP contribution in [0.25, 0.3) is 6.08 Å². The fourth-order valence-electron chi connectivity index (χ4n) is 2.58. The zero-order chi connectivity index (χ0) is 19.2. The van der Waals surface area contributed by atoms with Crippen molar-refractivity contribution in [2.75, 3.05) is 13.1 Å². The van der Waals surface area contributed by atoms with Crippen molar-refractivity contribution in [2.24, 2.45) is 0 Å². The van der Waals surface area contributed by atoms with Gasteiger partial charge in [-0.05, 0) is 35.0 Å². The first-order chi connectivity index (χ1) is 13.0. The summed E-state index contributed by atoms with van der Waals surface area (Å²) < 4.78 is 0.872. The van der Waals surface area contributed by atoms with Gasteiger partial charge in [0.2, 0.25) is 5.91 Å². The van der Waals surface area contributed by atoms with Crippen molar-refractivity contribution in [3.05, 3.63) is 75.1 Å². The van der Waals surface area contributed by atoms with E-state index in [4.69, 9.17) is 0 Å². The van der Waals surface area contributed by atoms with E-state index in [-0.39, 0.29) is 36.6 Å². The number of halogens is 1. The molecule has 1 N–H and O–H groups in total. The number of benzene rings is 2. The first-order valence-electron chi connectivity index (χ1n) is 8.35. The van der Waals surface area contributed by atoms with Gasteiger partial charge in [0, 0.05) is 17.6 Å². The van der Waals surface area contributed by atoms with E-state index in [1.54, 1.807) is 6.08 Å². The van der Waals surface area contributed by atoms with Crippen LogP contribution in [0.5, 0.6) is 0 Å². The van der Waals surface area contributed by atoms with Crippen LogP contribution in [-0.2, 0) is 16.0 Å². The molecule has 1 fully saturated rings. The summed E-state index contributed by atoms with van der Waals surface area (Å²) in [7, 11) is 0. The quantitative estimate of drug-likeness (QED) is 0.687. The van der Waals surface area contributed by atoms with Crippen LogP contribution in [0.4, 0.5) is 4.79 Å². The summed E-state index contributed by atoms with van der Waals surface area (Å²) in [5.74, 6) is -0.484. The summed E-state index contributed by atoms with van der Waals surface area (Å²) in [6.07, 6.45) is 1.94. The fraction of sp³-hybridized carbons (Fsp3) is 0.150. The second-order valence-corrected chi connectivity index (χ2v) is 7.71. The third-order valence-corrected chi connectivity index (χ3v) is 5.62. The second kappa shape index (κ2) is 9.01. The number of carbonyl (C=O) groups is 3.